The molecule has 1 fully saturated rings. The fraction of sp³-hybridized carbons (Fsp3) is 0.375. The molecule has 0 saturated heterocycles. The summed E-state index contributed by atoms with van der Waals surface area (Å²) in [7, 11) is 0. The first-order chi connectivity index (χ1) is 9.69. The number of nitrogens with zero attached hydrogens (tertiary/aromatic N) is 1. The molecule has 4 heteroatoms. The van der Waals surface area contributed by atoms with Gasteiger partial charge in [-0.25, -0.2) is 0 Å². The second kappa shape index (κ2) is 7.25. The van der Waals surface area contributed by atoms with E-state index < -0.39 is 0 Å². The lowest BCUT2D eigenvalue weighted by atomic mass is 9.95. The van der Waals surface area contributed by atoms with Crippen molar-refractivity contribution in [2.75, 3.05) is 0 Å². The number of rotatable bonds is 3. The fourth-order valence-corrected chi connectivity index (χ4v) is 2.84. The van der Waals surface area contributed by atoms with Gasteiger partial charge in [-0.3, -0.25) is 4.79 Å². The van der Waals surface area contributed by atoms with E-state index >= 15 is 0 Å². The largest absolute Gasteiger partial charge is 0.349 e. The smallest absolute Gasteiger partial charge is 0.262 e. The van der Waals surface area contributed by atoms with Crippen molar-refractivity contribution in [3.63, 3.8) is 0 Å². The van der Waals surface area contributed by atoms with Crippen molar-refractivity contribution in [3.8, 4) is 6.07 Å². The Morgan fingerprint density at radius 1 is 1.35 bits per heavy atom. The summed E-state index contributed by atoms with van der Waals surface area (Å²) in [5.41, 5.74) is 1.00. The molecule has 0 atom stereocenters. The Labute approximate surface area is 127 Å². The number of carbonyl (C=O) groups excluding carboxylic acids is 1. The molecule has 0 bridgehead atoms. The first kappa shape index (κ1) is 14.8. The van der Waals surface area contributed by atoms with Gasteiger partial charge in [0.1, 0.15) is 11.6 Å². The molecule has 1 N–H and O–H groups in total. The van der Waals surface area contributed by atoms with Gasteiger partial charge < -0.3 is 5.32 Å². The molecule has 1 aromatic carbocycles. The van der Waals surface area contributed by atoms with E-state index in [4.69, 9.17) is 5.26 Å². The van der Waals surface area contributed by atoms with Crippen LogP contribution in [0.25, 0.3) is 6.08 Å². The SMILES string of the molecule is N#C/C(=C/c1cccc(Br)c1)C(=O)NC1CCCCC1. The maximum Gasteiger partial charge on any atom is 0.262 e. The molecule has 0 radical (unpaired) electrons. The van der Waals surface area contributed by atoms with Crippen LogP contribution in [0.1, 0.15) is 37.7 Å². The first-order valence-corrected chi connectivity index (χ1v) is 7.66. The highest BCUT2D eigenvalue weighted by atomic mass is 79.9. The van der Waals surface area contributed by atoms with Crippen LogP contribution in [0.5, 0.6) is 0 Å². The number of amides is 1. The predicted octanol–water partition coefficient (Wildman–Crippen LogP) is 3.80. The molecule has 2 rings (SSSR count). The van der Waals surface area contributed by atoms with Gasteiger partial charge in [0, 0.05) is 10.5 Å². The Hall–Kier alpha value is -1.60. The molecule has 0 aliphatic heterocycles. The molecular formula is C16H17BrN2O. The highest BCUT2D eigenvalue weighted by Gasteiger charge is 2.17. The molecule has 1 saturated carbocycles. The van der Waals surface area contributed by atoms with Gasteiger partial charge in [-0.1, -0.05) is 47.3 Å². The third-order valence-corrected chi connectivity index (χ3v) is 3.96. The monoisotopic (exact) mass is 332 g/mol. The van der Waals surface area contributed by atoms with E-state index in [0.29, 0.717) is 0 Å². The van der Waals surface area contributed by atoms with E-state index in [1.807, 2.05) is 30.3 Å². The van der Waals surface area contributed by atoms with Crippen LogP contribution in [0.3, 0.4) is 0 Å². The van der Waals surface area contributed by atoms with Crippen LogP contribution in [0.15, 0.2) is 34.3 Å². The lowest BCUT2D eigenvalue weighted by Crippen LogP contribution is -2.36. The molecular weight excluding hydrogens is 316 g/mol. The molecule has 1 aliphatic rings. The van der Waals surface area contributed by atoms with Gasteiger partial charge in [0.2, 0.25) is 0 Å². The highest BCUT2D eigenvalue weighted by molar-refractivity contribution is 9.10. The highest BCUT2D eigenvalue weighted by Crippen LogP contribution is 2.18. The van der Waals surface area contributed by atoms with Gasteiger partial charge in [-0.15, -0.1) is 0 Å². The first-order valence-electron chi connectivity index (χ1n) is 6.87. The van der Waals surface area contributed by atoms with E-state index in [1.165, 1.54) is 6.42 Å². The summed E-state index contributed by atoms with van der Waals surface area (Å²) >= 11 is 3.38. The van der Waals surface area contributed by atoms with Crippen LogP contribution in [0.2, 0.25) is 0 Å². The van der Waals surface area contributed by atoms with Crippen molar-refractivity contribution in [2.24, 2.45) is 0 Å². The normalized spacial score (nSPS) is 16.5. The van der Waals surface area contributed by atoms with Crippen molar-refractivity contribution < 1.29 is 4.79 Å². The van der Waals surface area contributed by atoms with E-state index in [9.17, 15) is 4.79 Å². The van der Waals surface area contributed by atoms with Gasteiger partial charge in [-0.2, -0.15) is 5.26 Å². The number of nitriles is 1. The Kier molecular flexibility index (Phi) is 5.37. The average molecular weight is 333 g/mol. The molecule has 3 nitrogen and oxygen atoms in total. The number of benzene rings is 1. The maximum atomic E-state index is 12.1. The Balaban J connectivity index is 2.07. The third-order valence-electron chi connectivity index (χ3n) is 3.47. The number of carbonyl (C=O) groups is 1. The van der Waals surface area contributed by atoms with E-state index in [0.717, 1.165) is 35.7 Å². The van der Waals surface area contributed by atoms with Gasteiger partial charge >= 0.3 is 0 Å². The van der Waals surface area contributed by atoms with Gasteiger partial charge in [0.05, 0.1) is 0 Å². The Morgan fingerprint density at radius 3 is 2.75 bits per heavy atom. The lowest BCUT2D eigenvalue weighted by Gasteiger charge is -2.22. The quantitative estimate of drug-likeness (QED) is 0.676. The average Bonchev–Trinajstić information content (AvgIpc) is 2.46. The summed E-state index contributed by atoms with van der Waals surface area (Å²) in [5, 5.41) is 12.1. The molecule has 0 unspecified atom stereocenters. The lowest BCUT2D eigenvalue weighted by molar-refractivity contribution is -0.117. The van der Waals surface area contributed by atoms with Crippen molar-refractivity contribution in [1.82, 2.24) is 5.32 Å². The number of nitrogens with one attached hydrogen (secondary N) is 1. The number of hydrogen-bond acceptors (Lipinski definition) is 2. The number of halogens is 1. The van der Waals surface area contributed by atoms with Gasteiger partial charge in [0.15, 0.2) is 0 Å². The minimum atomic E-state index is -0.264. The van der Waals surface area contributed by atoms with E-state index in [-0.39, 0.29) is 17.5 Å². The van der Waals surface area contributed by atoms with Crippen LogP contribution in [-0.4, -0.2) is 11.9 Å². The van der Waals surface area contributed by atoms with Gasteiger partial charge in [-0.05, 0) is 36.6 Å². The molecule has 0 spiro atoms. The standard InChI is InChI=1S/C16H17BrN2O/c17-14-6-4-5-12(10-14)9-13(11-18)16(20)19-15-7-2-1-3-8-15/h4-6,9-10,15H,1-3,7-8H2,(H,19,20)/b13-9-. The summed E-state index contributed by atoms with van der Waals surface area (Å²) in [5.74, 6) is -0.264. The predicted molar refractivity (Wildman–Crippen MR) is 82.7 cm³/mol. The second-order valence-electron chi connectivity index (χ2n) is 5.03. The third kappa shape index (κ3) is 4.21. The zero-order chi connectivity index (χ0) is 14.4. The molecule has 20 heavy (non-hydrogen) atoms. The molecule has 0 aromatic heterocycles. The summed E-state index contributed by atoms with van der Waals surface area (Å²) in [4.78, 5) is 12.1. The van der Waals surface area contributed by atoms with Crippen molar-refractivity contribution in [2.45, 2.75) is 38.1 Å². The zero-order valence-electron chi connectivity index (χ0n) is 11.2. The van der Waals surface area contributed by atoms with Crippen molar-refractivity contribution >= 4 is 27.9 Å². The fourth-order valence-electron chi connectivity index (χ4n) is 2.42. The summed E-state index contributed by atoms with van der Waals surface area (Å²) in [6.07, 6.45) is 7.21. The van der Waals surface area contributed by atoms with Crippen molar-refractivity contribution in [1.29, 1.82) is 5.26 Å². The Morgan fingerprint density at radius 2 is 2.10 bits per heavy atom. The van der Waals surface area contributed by atoms with Crippen LogP contribution in [-0.2, 0) is 4.79 Å². The van der Waals surface area contributed by atoms with Crippen LogP contribution in [0.4, 0.5) is 0 Å². The summed E-state index contributed by atoms with van der Waals surface area (Å²) < 4.78 is 0.927. The topological polar surface area (TPSA) is 52.9 Å². The molecule has 0 heterocycles. The van der Waals surface area contributed by atoms with E-state index in [2.05, 4.69) is 21.2 Å². The maximum absolute atomic E-state index is 12.1. The van der Waals surface area contributed by atoms with Crippen molar-refractivity contribution in [3.05, 3.63) is 39.9 Å². The zero-order valence-corrected chi connectivity index (χ0v) is 12.8. The molecule has 1 amide bonds. The second-order valence-corrected chi connectivity index (χ2v) is 5.95. The molecule has 1 aliphatic carbocycles. The number of hydrogen-bond donors (Lipinski definition) is 1. The Bertz CT molecular complexity index is 554. The molecule has 104 valence electrons. The van der Waals surface area contributed by atoms with Crippen LogP contribution < -0.4 is 5.32 Å². The van der Waals surface area contributed by atoms with Crippen LogP contribution >= 0.6 is 15.9 Å². The minimum Gasteiger partial charge on any atom is -0.349 e. The summed E-state index contributed by atoms with van der Waals surface area (Å²) in [6.45, 7) is 0. The van der Waals surface area contributed by atoms with Gasteiger partial charge in [0.25, 0.3) is 5.91 Å². The van der Waals surface area contributed by atoms with Crippen LogP contribution in [0, 0.1) is 11.3 Å². The minimum absolute atomic E-state index is 0.161. The van der Waals surface area contributed by atoms with E-state index in [1.54, 1.807) is 6.08 Å². The summed E-state index contributed by atoms with van der Waals surface area (Å²) in [6, 6.07) is 9.75. The molecule has 1 aromatic rings.